The summed E-state index contributed by atoms with van der Waals surface area (Å²) >= 11 is 1.30. The van der Waals surface area contributed by atoms with Crippen LogP contribution >= 0.6 is 11.3 Å². The molecule has 3 aromatic rings. The fraction of sp³-hybridized carbons (Fsp3) is 0.263. The predicted molar refractivity (Wildman–Crippen MR) is 103 cm³/mol. The maximum Gasteiger partial charge on any atom is 0.229 e. The fourth-order valence-electron chi connectivity index (χ4n) is 3.13. The first-order valence-corrected chi connectivity index (χ1v) is 9.62. The van der Waals surface area contributed by atoms with Gasteiger partial charge in [0, 0.05) is 42.3 Å². The van der Waals surface area contributed by atoms with Gasteiger partial charge in [0.1, 0.15) is 5.82 Å². The lowest BCUT2D eigenvalue weighted by molar-refractivity contribution is -0.120. The summed E-state index contributed by atoms with van der Waals surface area (Å²) in [5.74, 6) is 0.255. The number of anilines is 2. The maximum atomic E-state index is 13.9. The Hall–Kier alpha value is -2.87. The molecule has 0 aliphatic carbocycles. The van der Waals surface area contributed by atoms with Gasteiger partial charge in [-0.3, -0.25) is 4.79 Å². The number of hydrogen-bond acceptors (Lipinski definition) is 6. The first-order chi connectivity index (χ1) is 13.2. The minimum Gasteiger partial charge on any atom is -0.341 e. The normalized spacial score (nSPS) is 14.9. The number of nitrogens with zero attached hydrogens (tertiary/aromatic N) is 4. The zero-order chi connectivity index (χ0) is 18.6. The highest BCUT2D eigenvalue weighted by molar-refractivity contribution is 7.14. The second kappa shape index (κ2) is 7.79. The Labute approximate surface area is 160 Å². The van der Waals surface area contributed by atoms with E-state index in [1.165, 1.54) is 17.4 Å². The summed E-state index contributed by atoms with van der Waals surface area (Å²) in [4.78, 5) is 27.5. The standard InChI is InChI=1S/C19H18FN5OS/c20-15-5-2-1-4-14(15)16-12-27-19(23-16)24-17(26)13-6-10-25(11-7-13)18-21-8-3-9-22-18/h1-5,8-9,12-13H,6-7,10-11H2,(H,23,24,26). The van der Waals surface area contributed by atoms with E-state index in [4.69, 9.17) is 0 Å². The van der Waals surface area contributed by atoms with E-state index in [-0.39, 0.29) is 17.6 Å². The second-order valence-electron chi connectivity index (χ2n) is 6.32. The highest BCUT2D eigenvalue weighted by atomic mass is 32.1. The Morgan fingerprint density at radius 1 is 1.15 bits per heavy atom. The van der Waals surface area contributed by atoms with Gasteiger partial charge in [-0.25, -0.2) is 19.3 Å². The largest absolute Gasteiger partial charge is 0.341 e. The quantitative estimate of drug-likeness (QED) is 0.745. The highest BCUT2D eigenvalue weighted by Crippen LogP contribution is 2.28. The van der Waals surface area contributed by atoms with Gasteiger partial charge in [-0.1, -0.05) is 12.1 Å². The fourth-order valence-corrected chi connectivity index (χ4v) is 3.84. The molecule has 0 atom stereocenters. The Kier molecular flexibility index (Phi) is 5.06. The van der Waals surface area contributed by atoms with E-state index < -0.39 is 0 Å². The number of thiazole rings is 1. The van der Waals surface area contributed by atoms with Crippen LogP contribution in [0.1, 0.15) is 12.8 Å². The van der Waals surface area contributed by atoms with Gasteiger partial charge < -0.3 is 10.2 Å². The summed E-state index contributed by atoms with van der Waals surface area (Å²) in [7, 11) is 0. The molecule has 6 nitrogen and oxygen atoms in total. The van der Waals surface area contributed by atoms with Crippen LogP contribution in [0.5, 0.6) is 0 Å². The number of hydrogen-bond donors (Lipinski definition) is 1. The minimum absolute atomic E-state index is 0.0435. The molecule has 138 valence electrons. The monoisotopic (exact) mass is 383 g/mol. The molecule has 1 saturated heterocycles. The number of rotatable bonds is 4. The van der Waals surface area contributed by atoms with Crippen LogP contribution in [-0.2, 0) is 4.79 Å². The molecule has 1 aliphatic heterocycles. The minimum atomic E-state index is -0.323. The van der Waals surface area contributed by atoms with Crippen LogP contribution in [-0.4, -0.2) is 33.9 Å². The van der Waals surface area contributed by atoms with Crippen LogP contribution in [0.2, 0.25) is 0 Å². The van der Waals surface area contributed by atoms with Crippen LogP contribution in [0.25, 0.3) is 11.3 Å². The number of nitrogens with one attached hydrogen (secondary N) is 1. The summed E-state index contributed by atoms with van der Waals surface area (Å²) in [5, 5.41) is 5.12. The van der Waals surface area contributed by atoms with Crippen LogP contribution < -0.4 is 10.2 Å². The van der Waals surface area contributed by atoms with Crippen molar-refractivity contribution in [1.82, 2.24) is 15.0 Å². The van der Waals surface area contributed by atoms with Crippen molar-refractivity contribution in [2.24, 2.45) is 5.92 Å². The molecule has 1 aromatic carbocycles. The van der Waals surface area contributed by atoms with Gasteiger partial charge in [-0.15, -0.1) is 11.3 Å². The van der Waals surface area contributed by atoms with Crippen molar-refractivity contribution in [3.8, 4) is 11.3 Å². The number of piperidine rings is 1. The molecular weight excluding hydrogens is 365 g/mol. The smallest absolute Gasteiger partial charge is 0.229 e. The van der Waals surface area contributed by atoms with Crippen molar-refractivity contribution in [2.45, 2.75) is 12.8 Å². The Bertz CT molecular complexity index is 925. The zero-order valence-electron chi connectivity index (χ0n) is 14.5. The molecule has 1 amide bonds. The van der Waals surface area contributed by atoms with Crippen molar-refractivity contribution in [1.29, 1.82) is 0 Å². The maximum absolute atomic E-state index is 13.9. The molecule has 0 bridgehead atoms. The van der Waals surface area contributed by atoms with E-state index in [1.54, 1.807) is 42.0 Å². The second-order valence-corrected chi connectivity index (χ2v) is 7.18. The number of aromatic nitrogens is 3. The number of halogens is 1. The predicted octanol–water partition coefficient (Wildman–Crippen LogP) is 3.59. The third kappa shape index (κ3) is 3.95. The average Bonchev–Trinajstić information content (AvgIpc) is 3.17. The number of amides is 1. The van der Waals surface area contributed by atoms with E-state index in [0.717, 1.165) is 25.9 Å². The molecule has 8 heteroatoms. The summed E-state index contributed by atoms with van der Waals surface area (Å²) in [6, 6.07) is 8.27. The topological polar surface area (TPSA) is 71.0 Å². The number of benzene rings is 1. The number of carbonyl (C=O) groups is 1. The molecular formula is C19H18FN5OS. The van der Waals surface area contributed by atoms with Gasteiger partial charge in [0.2, 0.25) is 11.9 Å². The summed E-state index contributed by atoms with van der Waals surface area (Å²) in [5.41, 5.74) is 0.967. The first-order valence-electron chi connectivity index (χ1n) is 8.74. The molecule has 1 fully saturated rings. The van der Waals surface area contributed by atoms with Gasteiger partial charge in [-0.05, 0) is 31.0 Å². The summed E-state index contributed by atoms with van der Waals surface area (Å²) in [6.45, 7) is 1.47. The lowest BCUT2D eigenvalue weighted by atomic mass is 9.96. The Morgan fingerprint density at radius 2 is 1.89 bits per heavy atom. The van der Waals surface area contributed by atoms with E-state index in [0.29, 0.717) is 22.3 Å². The van der Waals surface area contributed by atoms with Crippen LogP contribution in [0.3, 0.4) is 0 Å². The van der Waals surface area contributed by atoms with Crippen molar-refractivity contribution in [3.05, 3.63) is 53.9 Å². The Morgan fingerprint density at radius 3 is 2.63 bits per heavy atom. The van der Waals surface area contributed by atoms with Gasteiger partial charge in [-0.2, -0.15) is 0 Å². The summed E-state index contributed by atoms with van der Waals surface area (Å²) in [6.07, 6.45) is 4.90. The lowest BCUT2D eigenvalue weighted by Gasteiger charge is -2.30. The van der Waals surface area contributed by atoms with E-state index in [1.807, 2.05) is 0 Å². The van der Waals surface area contributed by atoms with E-state index >= 15 is 0 Å². The molecule has 27 heavy (non-hydrogen) atoms. The Balaban J connectivity index is 1.36. The van der Waals surface area contributed by atoms with E-state index in [9.17, 15) is 9.18 Å². The van der Waals surface area contributed by atoms with Gasteiger partial charge in [0.15, 0.2) is 5.13 Å². The molecule has 3 heterocycles. The van der Waals surface area contributed by atoms with Gasteiger partial charge in [0.25, 0.3) is 0 Å². The molecule has 4 rings (SSSR count). The SMILES string of the molecule is O=C(Nc1nc(-c2ccccc2F)cs1)C1CCN(c2ncccn2)CC1. The van der Waals surface area contributed by atoms with Crippen LogP contribution in [0, 0.1) is 11.7 Å². The molecule has 1 N–H and O–H groups in total. The third-order valence-corrected chi connectivity index (χ3v) is 5.34. The lowest BCUT2D eigenvalue weighted by Crippen LogP contribution is -2.38. The van der Waals surface area contributed by atoms with Gasteiger partial charge in [0.05, 0.1) is 5.69 Å². The van der Waals surface area contributed by atoms with Crippen LogP contribution in [0.15, 0.2) is 48.1 Å². The average molecular weight is 383 g/mol. The van der Waals surface area contributed by atoms with E-state index in [2.05, 4.69) is 25.2 Å². The van der Waals surface area contributed by atoms with Crippen molar-refractivity contribution < 1.29 is 9.18 Å². The summed E-state index contributed by atoms with van der Waals surface area (Å²) < 4.78 is 13.9. The first kappa shape index (κ1) is 17.5. The van der Waals surface area contributed by atoms with Crippen molar-refractivity contribution in [3.63, 3.8) is 0 Å². The molecule has 0 spiro atoms. The van der Waals surface area contributed by atoms with Crippen LogP contribution in [0.4, 0.5) is 15.5 Å². The highest BCUT2D eigenvalue weighted by Gasteiger charge is 2.26. The van der Waals surface area contributed by atoms with Crippen molar-refractivity contribution >= 4 is 28.3 Å². The molecule has 0 unspecified atom stereocenters. The van der Waals surface area contributed by atoms with Gasteiger partial charge >= 0.3 is 0 Å². The molecule has 0 radical (unpaired) electrons. The third-order valence-electron chi connectivity index (χ3n) is 4.58. The van der Waals surface area contributed by atoms with Crippen molar-refractivity contribution in [2.75, 3.05) is 23.3 Å². The number of carbonyl (C=O) groups excluding carboxylic acids is 1. The molecule has 1 aliphatic rings. The zero-order valence-corrected chi connectivity index (χ0v) is 15.3. The molecule has 0 saturated carbocycles. The molecule has 2 aromatic heterocycles.